The molecule has 2 rings (SSSR count). The van der Waals surface area contributed by atoms with Crippen LogP contribution < -0.4 is 4.74 Å². The smallest absolute Gasteiger partial charge is 0.294 e. The molecule has 0 aliphatic heterocycles. The lowest BCUT2D eigenvalue weighted by Crippen LogP contribution is -2.19. The third-order valence-corrected chi connectivity index (χ3v) is 2.93. The lowest BCUT2D eigenvalue weighted by atomic mass is 9.86. The van der Waals surface area contributed by atoms with Crippen LogP contribution in [0.25, 0.3) is 0 Å². The van der Waals surface area contributed by atoms with E-state index in [4.69, 9.17) is 4.74 Å². The third-order valence-electron chi connectivity index (χ3n) is 2.17. The predicted molar refractivity (Wildman–Crippen MR) is 47.5 cm³/mol. The van der Waals surface area contributed by atoms with Crippen molar-refractivity contribution >= 4 is 11.3 Å². The Hall–Kier alpha value is -0.640. The molecule has 12 heavy (non-hydrogen) atoms. The number of nitrogens with zero attached hydrogens (tertiary/aromatic N) is 2. The summed E-state index contributed by atoms with van der Waals surface area (Å²) in [4.78, 5) is 0. The van der Waals surface area contributed by atoms with Gasteiger partial charge in [-0.05, 0) is 25.7 Å². The molecule has 1 aliphatic carbocycles. The largest absolute Gasteiger partial charge is 0.469 e. The molecule has 0 amide bonds. The highest BCUT2D eigenvalue weighted by Gasteiger charge is 2.18. The molecule has 0 unspecified atom stereocenters. The molecule has 1 aliphatic rings. The van der Waals surface area contributed by atoms with Crippen molar-refractivity contribution in [1.82, 2.24) is 10.2 Å². The van der Waals surface area contributed by atoms with Crippen LogP contribution in [0.15, 0.2) is 0 Å². The average Bonchev–Trinajstić information content (AvgIpc) is 2.32. The van der Waals surface area contributed by atoms with Crippen molar-refractivity contribution in [2.75, 3.05) is 6.61 Å². The number of ether oxygens (including phenoxy) is 1. The molecule has 1 aromatic heterocycles. The van der Waals surface area contributed by atoms with Crippen LogP contribution in [0, 0.1) is 12.8 Å². The van der Waals surface area contributed by atoms with Crippen LogP contribution in [0.3, 0.4) is 0 Å². The van der Waals surface area contributed by atoms with E-state index in [9.17, 15) is 0 Å². The number of aryl methyl sites for hydroxylation is 1. The van der Waals surface area contributed by atoms with E-state index in [-0.39, 0.29) is 0 Å². The van der Waals surface area contributed by atoms with E-state index in [1.807, 2.05) is 6.92 Å². The number of aromatic nitrogens is 2. The highest BCUT2D eigenvalue weighted by Crippen LogP contribution is 2.27. The van der Waals surface area contributed by atoms with Gasteiger partial charge in [-0.25, -0.2) is 0 Å². The van der Waals surface area contributed by atoms with E-state index in [1.165, 1.54) is 30.6 Å². The van der Waals surface area contributed by atoms with Gasteiger partial charge in [0.2, 0.25) is 0 Å². The van der Waals surface area contributed by atoms with E-state index in [0.717, 1.165) is 22.7 Å². The van der Waals surface area contributed by atoms with Gasteiger partial charge in [-0.2, -0.15) is 0 Å². The molecule has 0 atom stereocenters. The van der Waals surface area contributed by atoms with Crippen molar-refractivity contribution in [3.05, 3.63) is 5.01 Å². The maximum Gasteiger partial charge on any atom is 0.294 e. The van der Waals surface area contributed by atoms with Gasteiger partial charge in [0.1, 0.15) is 5.01 Å². The second-order valence-electron chi connectivity index (χ2n) is 3.19. The lowest BCUT2D eigenvalue weighted by Gasteiger charge is -2.24. The molecule has 0 spiro atoms. The van der Waals surface area contributed by atoms with Gasteiger partial charge in [0.15, 0.2) is 0 Å². The fourth-order valence-electron chi connectivity index (χ4n) is 1.19. The first kappa shape index (κ1) is 7.98. The summed E-state index contributed by atoms with van der Waals surface area (Å²) in [5.41, 5.74) is 0. The molecule has 0 N–H and O–H groups in total. The van der Waals surface area contributed by atoms with Crippen molar-refractivity contribution in [3.63, 3.8) is 0 Å². The first-order valence-electron chi connectivity index (χ1n) is 4.27. The molecule has 1 aromatic rings. The number of hydrogen-bond donors (Lipinski definition) is 0. The average molecular weight is 184 g/mol. The van der Waals surface area contributed by atoms with Crippen molar-refractivity contribution < 1.29 is 4.74 Å². The highest BCUT2D eigenvalue weighted by atomic mass is 32.1. The summed E-state index contributed by atoms with van der Waals surface area (Å²) in [5.74, 6) is 0.772. The van der Waals surface area contributed by atoms with Crippen LogP contribution >= 0.6 is 11.3 Å². The van der Waals surface area contributed by atoms with Gasteiger partial charge in [0.25, 0.3) is 5.19 Å². The summed E-state index contributed by atoms with van der Waals surface area (Å²) >= 11 is 1.52. The first-order chi connectivity index (χ1) is 5.84. The zero-order chi connectivity index (χ0) is 8.39. The quantitative estimate of drug-likeness (QED) is 0.721. The van der Waals surface area contributed by atoms with Crippen LogP contribution in [0.2, 0.25) is 0 Å². The van der Waals surface area contributed by atoms with Crippen LogP contribution in [0.1, 0.15) is 24.3 Å². The van der Waals surface area contributed by atoms with Crippen LogP contribution in [0.4, 0.5) is 0 Å². The number of hydrogen-bond acceptors (Lipinski definition) is 4. The molecule has 0 bridgehead atoms. The Morgan fingerprint density at radius 1 is 1.50 bits per heavy atom. The maximum atomic E-state index is 5.48. The van der Waals surface area contributed by atoms with Gasteiger partial charge in [-0.3, -0.25) is 0 Å². The van der Waals surface area contributed by atoms with Crippen LogP contribution in [-0.4, -0.2) is 16.8 Å². The fourth-order valence-corrected chi connectivity index (χ4v) is 1.73. The molecule has 0 aromatic carbocycles. The molecule has 4 heteroatoms. The maximum absolute atomic E-state index is 5.48. The molecule has 1 heterocycles. The fraction of sp³-hybridized carbons (Fsp3) is 0.750. The Morgan fingerprint density at radius 2 is 2.33 bits per heavy atom. The number of rotatable bonds is 3. The highest BCUT2D eigenvalue weighted by molar-refractivity contribution is 7.12. The minimum absolute atomic E-state index is 0.722. The first-order valence-corrected chi connectivity index (χ1v) is 5.09. The Morgan fingerprint density at radius 3 is 2.83 bits per heavy atom. The van der Waals surface area contributed by atoms with Crippen LogP contribution in [0.5, 0.6) is 5.19 Å². The summed E-state index contributed by atoms with van der Waals surface area (Å²) in [6.45, 7) is 2.77. The summed E-state index contributed by atoms with van der Waals surface area (Å²) in [5, 5.41) is 9.47. The molecule has 3 nitrogen and oxygen atoms in total. The minimum Gasteiger partial charge on any atom is -0.469 e. The van der Waals surface area contributed by atoms with Crippen molar-refractivity contribution in [2.45, 2.75) is 26.2 Å². The minimum atomic E-state index is 0.722. The molecular weight excluding hydrogens is 172 g/mol. The molecule has 0 radical (unpaired) electrons. The second kappa shape index (κ2) is 3.39. The predicted octanol–water partition coefficient (Wildman–Crippen LogP) is 2.03. The van der Waals surface area contributed by atoms with Crippen molar-refractivity contribution in [3.8, 4) is 5.19 Å². The zero-order valence-corrected chi connectivity index (χ0v) is 7.93. The van der Waals surface area contributed by atoms with E-state index in [0.29, 0.717) is 0 Å². The van der Waals surface area contributed by atoms with Gasteiger partial charge in [-0.1, -0.05) is 17.8 Å². The van der Waals surface area contributed by atoms with E-state index in [2.05, 4.69) is 10.2 Å². The normalized spacial score (nSPS) is 17.4. The van der Waals surface area contributed by atoms with E-state index in [1.54, 1.807) is 0 Å². The molecular formula is C8H12N2OS. The summed E-state index contributed by atoms with van der Waals surface area (Å²) in [6, 6.07) is 0. The van der Waals surface area contributed by atoms with Crippen LogP contribution in [-0.2, 0) is 0 Å². The lowest BCUT2D eigenvalue weighted by molar-refractivity contribution is 0.179. The Labute approximate surface area is 75.8 Å². The van der Waals surface area contributed by atoms with Crippen molar-refractivity contribution in [2.24, 2.45) is 5.92 Å². The van der Waals surface area contributed by atoms with Gasteiger partial charge in [-0.15, -0.1) is 10.2 Å². The molecule has 1 saturated carbocycles. The van der Waals surface area contributed by atoms with Gasteiger partial charge < -0.3 is 4.74 Å². The monoisotopic (exact) mass is 184 g/mol. The SMILES string of the molecule is Cc1nnc(OCC2CCC2)s1. The summed E-state index contributed by atoms with van der Waals surface area (Å²) in [6.07, 6.45) is 4.00. The summed E-state index contributed by atoms with van der Waals surface area (Å²) < 4.78 is 5.48. The van der Waals surface area contributed by atoms with E-state index >= 15 is 0 Å². The Kier molecular flexibility index (Phi) is 2.26. The Balaban J connectivity index is 1.79. The third kappa shape index (κ3) is 1.75. The van der Waals surface area contributed by atoms with Gasteiger partial charge >= 0.3 is 0 Å². The molecule has 1 fully saturated rings. The van der Waals surface area contributed by atoms with Gasteiger partial charge in [0.05, 0.1) is 6.61 Å². The van der Waals surface area contributed by atoms with E-state index < -0.39 is 0 Å². The zero-order valence-electron chi connectivity index (χ0n) is 7.12. The molecule has 0 saturated heterocycles. The van der Waals surface area contributed by atoms with Crippen molar-refractivity contribution in [1.29, 1.82) is 0 Å². The molecule has 66 valence electrons. The standard InChI is InChI=1S/C8H12N2OS/c1-6-9-10-8(12-6)11-5-7-3-2-4-7/h7H,2-5H2,1H3. The second-order valence-corrected chi connectivity index (χ2v) is 4.34. The Bertz CT molecular complexity index is 257. The van der Waals surface area contributed by atoms with Gasteiger partial charge in [0, 0.05) is 0 Å². The summed E-state index contributed by atoms with van der Waals surface area (Å²) in [7, 11) is 0. The topological polar surface area (TPSA) is 35.0 Å².